The molecule has 4 heteroatoms. The van der Waals surface area contributed by atoms with E-state index in [0.29, 0.717) is 19.4 Å². The maximum atomic E-state index is 11.9. The second-order valence-electron chi connectivity index (χ2n) is 6.26. The second-order valence-corrected chi connectivity index (χ2v) is 6.26. The van der Waals surface area contributed by atoms with E-state index in [-0.39, 0.29) is 17.7 Å². The van der Waals surface area contributed by atoms with Crippen molar-refractivity contribution in [3.63, 3.8) is 0 Å². The second kappa shape index (κ2) is 5.72. The summed E-state index contributed by atoms with van der Waals surface area (Å²) in [6.45, 7) is 6.88. The molecule has 0 saturated heterocycles. The Hall–Kier alpha value is -1.06. The van der Waals surface area contributed by atoms with Gasteiger partial charge in [0, 0.05) is 13.0 Å². The van der Waals surface area contributed by atoms with Crippen molar-refractivity contribution in [2.75, 3.05) is 6.54 Å². The lowest BCUT2D eigenvalue weighted by Gasteiger charge is -2.26. The number of aliphatic carboxylic acids is 1. The lowest BCUT2D eigenvalue weighted by molar-refractivity contribution is -0.151. The van der Waals surface area contributed by atoms with E-state index in [1.165, 1.54) is 0 Å². The number of rotatable bonds is 6. The molecular weight excluding hydrogens is 230 g/mol. The fraction of sp³-hybridized carbons (Fsp3) is 0.857. The third kappa shape index (κ3) is 3.72. The number of carbonyl (C=O) groups excluding carboxylic acids is 1. The molecule has 1 saturated carbocycles. The van der Waals surface area contributed by atoms with Crippen LogP contribution >= 0.6 is 0 Å². The molecule has 0 aromatic heterocycles. The minimum atomic E-state index is -0.815. The van der Waals surface area contributed by atoms with Gasteiger partial charge in [0.1, 0.15) is 0 Å². The summed E-state index contributed by atoms with van der Waals surface area (Å²) in [4.78, 5) is 23.2. The van der Waals surface area contributed by atoms with Gasteiger partial charge in [-0.2, -0.15) is 0 Å². The number of hydrogen-bond donors (Lipinski definition) is 2. The number of carboxylic acid groups (broad SMARTS) is 1. The van der Waals surface area contributed by atoms with E-state index in [4.69, 9.17) is 0 Å². The molecule has 1 rings (SSSR count). The van der Waals surface area contributed by atoms with E-state index in [2.05, 4.69) is 26.1 Å². The molecule has 18 heavy (non-hydrogen) atoms. The van der Waals surface area contributed by atoms with Gasteiger partial charge in [0.2, 0.25) is 5.91 Å². The highest BCUT2D eigenvalue weighted by atomic mass is 16.4. The molecule has 2 N–H and O–H groups in total. The van der Waals surface area contributed by atoms with Crippen LogP contribution in [0.25, 0.3) is 0 Å². The number of hydrogen-bond acceptors (Lipinski definition) is 2. The van der Waals surface area contributed by atoms with Crippen molar-refractivity contribution in [1.29, 1.82) is 0 Å². The van der Waals surface area contributed by atoms with Gasteiger partial charge in [0.05, 0.1) is 5.41 Å². The minimum Gasteiger partial charge on any atom is -0.481 e. The van der Waals surface area contributed by atoms with Crippen molar-refractivity contribution < 1.29 is 14.7 Å². The summed E-state index contributed by atoms with van der Waals surface area (Å²) in [5, 5.41) is 12.2. The van der Waals surface area contributed by atoms with Crippen LogP contribution in [0.15, 0.2) is 0 Å². The fourth-order valence-corrected chi connectivity index (χ4v) is 2.35. The topological polar surface area (TPSA) is 66.4 Å². The molecule has 1 aliphatic rings. The van der Waals surface area contributed by atoms with E-state index >= 15 is 0 Å². The summed E-state index contributed by atoms with van der Waals surface area (Å²) >= 11 is 0. The Bertz CT molecular complexity index is 317. The fourth-order valence-electron chi connectivity index (χ4n) is 2.35. The molecule has 1 aliphatic carbocycles. The van der Waals surface area contributed by atoms with Gasteiger partial charge < -0.3 is 10.4 Å². The van der Waals surface area contributed by atoms with Gasteiger partial charge in [-0.25, -0.2) is 0 Å². The SMILES string of the molecule is CCC(C)(C)CNC(=O)CC1(C(=O)O)CCCC1. The highest BCUT2D eigenvalue weighted by Gasteiger charge is 2.42. The standard InChI is InChI=1S/C14H25NO3/c1-4-13(2,3)10-15-11(16)9-14(12(17)18)7-5-6-8-14/h4-10H2,1-3H3,(H,15,16)(H,17,18). The third-order valence-electron chi connectivity index (χ3n) is 4.23. The van der Waals surface area contributed by atoms with Crippen molar-refractivity contribution in [1.82, 2.24) is 5.32 Å². The number of nitrogens with one attached hydrogen (secondary N) is 1. The summed E-state index contributed by atoms with van der Waals surface area (Å²) in [5.74, 6) is -0.939. The van der Waals surface area contributed by atoms with Crippen LogP contribution in [0.1, 0.15) is 59.3 Å². The predicted octanol–water partition coefficient (Wildman–Crippen LogP) is 2.57. The molecule has 1 fully saturated rings. The first-order chi connectivity index (χ1) is 8.31. The van der Waals surface area contributed by atoms with Crippen molar-refractivity contribution in [2.45, 2.75) is 59.3 Å². The maximum Gasteiger partial charge on any atom is 0.310 e. The molecule has 0 unspecified atom stereocenters. The Morgan fingerprint density at radius 2 is 1.83 bits per heavy atom. The summed E-state index contributed by atoms with van der Waals surface area (Å²) < 4.78 is 0. The minimum absolute atomic E-state index is 0.0712. The van der Waals surface area contributed by atoms with Crippen LogP contribution in [0.5, 0.6) is 0 Å². The molecule has 0 bridgehead atoms. The average molecular weight is 255 g/mol. The molecule has 0 aliphatic heterocycles. The normalized spacial score (nSPS) is 18.6. The predicted molar refractivity (Wildman–Crippen MR) is 70.2 cm³/mol. The zero-order valence-corrected chi connectivity index (χ0v) is 11.7. The molecule has 0 radical (unpaired) electrons. The van der Waals surface area contributed by atoms with Crippen molar-refractivity contribution in [3.8, 4) is 0 Å². The molecule has 0 heterocycles. The molecule has 104 valence electrons. The van der Waals surface area contributed by atoms with Crippen LogP contribution in [-0.4, -0.2) is 23.5 Å². The van der Waals surface area contributed by atoms with Crippen LogP contribution in [0.3, 0.4) is 0 Å². The van der Waals surface area contributed by atoms with E-state index in [1.54, 1.807) is 0 Å². The lowest BCUT2D eigenvalue weighted by Crippen LogP contribution is -2.39. The van der Waals surface area contributed by atoms with Crippen LogP contribution < -0.4 is 5.32 Å². The van der Waals surface area contributed by atoms with Gasteiger partial charge in [0.15, 0.2) is 0 Å². The Kier molecular flexibility index (Phi) is 4.77. The van der Waals surface area contributed by atoms with Crippen LogP contribution in [0.2, 0.25) is 0 Å². The van der Waals surface area contributed by atoms with E-state index in [0.717, 1.165) is 19.3 Å². The van der Waals surface area contributed by atoms with Gasteiger partial charge in [0.25, 0.3) is 0 Å². The van der Waals surface area contributed by atoms with E-state index < -0.39 is 11.4 Å². The summed E-state index contributed by atoms with van der Waals surface area (Å²) in [5.41, 5.74) is -0.734. The number of carbonyl (C=O) groups is 2. The van der Waals surface area contributed by atoms with Crippen LogP contribution in [0, 0.1) is 10.8 Å². The molecule has 4 nitrogen and oxygen atoms in total. The monoisotopic (exact) mass is 255 g/mol. The van der Waals surface area contributed by atoms with Crippen molar-refractivity contribution >= 4 is 11.9 Å². The van der Waals surface area contributed by atoms with E-state index in [1.807, 2.05) is 0 Å². The lowest BCUT2D eigenvalue weighted by atomic mass is 9.82. The van der Waals surface area contributed by atoms with Gasteiger partial charge in [-0.05, 0) is 24.7 Å². The van der Waals surface area contributed by atoms with Crippen molar-refractivity contribution in [2.24, 2.45) is 10.8 Å². The molecule has 0 atom stereocenters. The van der Waals surface area contributed by atoms with Crippen LogP contribution in [0.4, 0.5) is 0 Å². The van der Waals surface area contributed by atoms with Crippen molar-refractivity contribution in [3.05, 3.63) is 0 Å². The smallest absolute Gasteiger partial charge is 0.310 e. The highest BCUT2D eigenvalue weighted by molar-refractivity contribution is 5.85. The largest absolute Gasteiger partial charge is 0.481 e. The zero-order chi connectivity index (χ0) is 13.8. The molecule has 0 aromatic rings. The number of amides is 1. The Balaban J connectivity index is 2.51. The average Bonchev–Trinajstić information content (AvgIpc) is 2.76. The number of carboxylic acids is 1. The first-order valence-corrected chi connectivity index (χ1v) is 6.81. The van der Waals surface area contributed by atoms with Gasteiger partial charge in [-0.15, -0.1) is 0 Å². The Labute approximate surface area is 109 Å². The van der Waals surface area contributed by atoms with Gasteiger partial charge in [-0.1, -0.05) is 33.6 Å². The summed E-state index contributed by atoms with van der Waals surface area (Å²) in [6.07, 6.45) is 4.21. The summed E-state index contributed by atoms with van der Waals surface area (Å²) in [6, 6.07) is 0. The van der Waals surface area contributed by atoms with Gasteiger partial charge in [-0.3, -0.25) is 9.59 Å². The maximum absolute atomic E-state index is 11.9. The molecular formula is C14H25NO3. The highest BCUT2D eigenvalue weighted by Crippen LogP contribution is 2.41. The van der Waals surface area contributed by atoms with E-state index in [9.17, 15) is 14.7 Å². The first kappa shape index (κ1) is 15.0. The third-order valence-corrected chi connectivity index (χ3v) is 4.23. The molecule has 1 amide bonds. The first-order valence-electron chi connectivity index (χ1n) is 6.81. The van der Waals surface area contributed by atoms with Crippen LogP contribution in [-0.2, 0) is 9.59 Å². The quantitative estimate of drug-likeness (QED) is 0.766. The zero-order valence-electron chi connectivity index (χ0n) is 11.7. The Morgan fingerprint density at radius 3 is 2.28 bits per heavy atom. The summed E-state index contributed by atoms with van der Waals surface area (Å²) in [7, 11) is 0. The molecule has 0 aromatic carbocycles. The Morgan fingerprint density at radius 1 is 1.28 bits per heavy atom. The van der Waals surface area contributed by atoms with Gasteiger partial charge >= 0.3 is 5.97 Å². The molecule has 0 spiro atoms.